The zero-order valence-electron chi connectivity index (χ0n) is 15.4. The number of ether oxygens (including phenoxy) is 3. The minimum Gasteiger partial charge on any atom is -0.494 e. The van der Waals surface area contributed by atoms with E-state index < -0.39 is 12.1 Å². The van der Waals surface area contributed by atoms with E-state index in [0.717, 1.165) is 29.7 Å². The van der Waals surface area contributed by atoms with Crippen LogP contribution in [-0.4, -0.2) is 38.3 Å². The molecule has 27 heavy (non-hydrogen) atoms. The van der Waals surface area contributed by atoms with Gasteiger partial charge in [-0.15, -0.1) is 11.3 Å². The molecule has 144 valence electrons. The molecular formula is C20H23NO5S. The fraction of sp³-hybridized carbons (Fsp3) is 0.400. The summed E-state index contributed by atoms with van der Waals surface area (Å²) in [4.78, 5) is 24.7. The number of amides is 1. The minimum absolute atomic E-state index is 0.227. The van der Waals surface area contributed by atoms with Crippen LogP contribution >= 0.6 is 11.3 Å². The maximum atomic E-state index is 12.4. The predicted octanol–water partition coefficient (Wildman–Crippen LogP) is 4.11. The molecule has 0 spiro atoms. The highest BCUT2D eigenvalue weighted by atomic mass is 32.1. The summed E-state index contributed by atoms with van der Waals surface area (Å²) < 4.78 is 16.0. The van der Waals surface area contributed by atoms with E-state index in [1.165, 1.54) is 18.4 Å². The second-order valence-electron chi connectivity index (χ2n) is 6.21. The first-order valence-corrected chi connectivity index (χ1v) is 9.87. The molecule has 2 aromatic rings. The van der Waals surface area contributed by atoms with Crippen LogP contribution in [0.4, 0.5) is 5.00 Å². The zero-order chi connectivity index (χ0) is 19.2. The van der Waals surface area contributed by atoms with Gasteiger partial charge in [-0.1, -0.05) is 19.1 Å². The van der Waals surface area contributed by atoms with Gasteiger partial charge in [0.1, 0.15) is 22.4 Å². The molecule has 1 atom stereocenters. The number of hydrogen-bond donors (Lipinski definition) is 1. The molecule has 1 saturated heterocycles. The monoisotopic (exact) mass is 389 g/mol. The van der Waals surface area contributed by atoms with Crippen LogP contribution in [0.1, 0.15) is 36.5 Å². The first kappa shape index (κ1) is 19.4. The van der Waals surface area contributed by atoms with Gasteiger partial charge in [0.05, 0.1) is 13.7 Å². The second-order valence-corrected chi connectivity index (χ2v) is 7.09. The van der Waals surface area contributed by atoms with E-state index in [2.05, 4.69) is 12.2 Å². The molecule has 0 radical (unpaired) electrons. The topological polar surface area (TPSA) is 73.9 Å². The number of methoxy groups -OCH3 is 1. The van der Waals surface area contributed by atoms with Crippen molar-refractivity contribution >= 4 is 28.2 Å². The number of rotatable bonds is 7. The standard InChI is InChI=1S/C20H23NO5S/c1-3-10-25-14-8-6-13(7-9-14)15-12-27-19(17(15)20(23)24-2)21-18(22)16-5-4-11-26-16/h6-9,12,16H,3-5,10-11H2,1-2H3,(H,21,22)/t16-/m0/s1. The number of nitrogens with one attached hydrogen (secondary N) is 1. The lowest BCUT2D eigenvalue weighted by atomic mass is 10.0. The van der Waals surface area contributed by atoms with Crippen molar-refractivity contribution in [2.75, 3.05) is 25.6 Å². The van der Waals surface area contributed by atoms with Crippen LogP contribution in [0.2, 0.25) is 0 Å². The van der Waals surface area contributed by atoms with Crippen molar-refractivity contribution in [3.63, 3.8) is 0 Å². The van der Waals surface area contributed by atoms with Gasteiger partial charge in [-0.25, -0.2) is 4.79 Å². The lowest BCUT2D eigenvalue weighted by Gasteiger charge is -2.11. The van der Waals surface area contributed by atoms with Gasteiger partial charge in [-0.05, 0) is 37.0 Å². The molecule has 1 aromatic carbocycles. The van der Waals surface area contributed by atoms with E-state index in [-0.39, 0.29) is 5.91 Å². The predicted molar refractivity (Wildman–Crippen MR) is 104 cm³/mol. The molecule has 1 aliphatic heterocycles. The molecule has 0 bridgehead atoms. The van der Waals surface area contributed by atoms with Gasteiger partial charge in [0.25, 0.3) is 5.91 Å². The van der Waals surface area contributed by atoms with Gasteiger partial charge >= 0.3 is 5.97 Å². The maximum Gasteiger partial charge on any atom is 0.341 e. The normalized spacial score (nSPS) is 16.1. The van der Waals surface area contributed by atoms with Gasteiger partial charge in [0.2, 0.25) is 0 Å². The number of thiophene rings is 1. The van der Waals surface area contributed by atoms with Crippen LogP contribution in [0.3, 0.4) is 0 Å². The lowest BCUT2D eigenvalue weighted by molar-refractivity contribution is -0.124. The van der Waals surface area contributed by atoms with Crippen LogP contribution in [-0.2, 0) is 14.3 Å². The van der Waals surface area contributed by atoms with E-state index in [1.54, 1.807) is 0 Å². The Hall–Kier alpha value is -2.38. The second kappa shape index (κ2) is 9.01. The van der Waals surface area contributed by atoms with Crippen LogP contribution in [0.25, 0.3) is 11.1 Å². The average Bonchev–Trinajstić information content (AvgIpc) is 3.36. The van der Waals surface area contributed by atoms with Crippen molar-refractivity contribution in [2.45, 2.75) is 32.3 Å². The minimum atomic E-state index is -0.486. The fourth-order valence-electron chi connectivity index (χ4n) is 2.89. The number of anilines is 1. The number of hydrogen-bond acceptors (Lipinski definition) is 6. The maximum absolute atomic E-state index is 12.4. The summed E-state index contributed by atoms with van der Waals surface area (Å²) >= 11 is 1.30. The third-order valence-electron chi connectivity index (χ3n) is 4.28. The highest BCUT2D eigenvalue weighted by Gasteiger charge is 2.27. The van der Waals surface area contributed by atoms with E-state index in [9.17, 15) is 9.59 Å². The van der Waals surface area contributed by atoms with Gasteiger partial charge in [-0.2, -0.15) is 0 Å². The van der Waals surface area contributed by atoms with Gasteiger partial charge in [0.15, 0.2) is 0 Å². The first-order valence-electron chi connectivity index (χ1n) is 8.99. The van der Waals surface area contributed by atoms with Crippen molar-refractivity contribution in [1.29, 1.82) is 0 Å². The summed E-state index contributed by atoms with van der Waals surface area (Å²) in [5.74, 6) is 0.0666. The summed E-state index contributed by atoms with van der Waals surface area (Å²) in [6, 6.07) is 7.53. The molecule has 3 rings (SSSR count). The van der Waals surface area contributed by atoms with Gasteiger partial charge in [0, 0.05) is 17.6 Å². The Labute approximate surface area is 162 Å². The summed E-state index contributed by atoms with van der Waals surface area (Å²) in [5.41, 5.74) is 1.93. The highest BCUT2D eigenvalue weighted by molar-refractivity contribution is 7.15. The number of carbonyl (C=O) groups excluding carboxylic acids is 2. The third kappa shape index (κ3) is 4.48. The lowest BCUT2D eigenvalue weighted by Crippen LogP contribution is -2.27. The van der Waals surface area contributed by atoms with E-state index in [4.69, 9.17) is 14.2 Å². The zero-order valence-corrected chi connectivity index (χ0v) is 16.3. The van der Waals surface area contributed by atoms with Crippen LogP contribution < -0.4 is 10.1 Å². The molecule has 1 aliphatic rings. The van der Waals surface area contributed by atoms with E-state index in [0.29, 0.717) is 30.2 Å². The molecular weight excluding hydrogens is 366 g/mol. The number of esters is 1. The van der Waals surface area contributed by atoms with Gasteiger partial charge < -0.3 is 19.5 Å². The summed E-state index contributed by atoms with van der Waals surface area (Å²) in [6.45, 7) is 3.30. The Bertz CT molecular complexity index is 793. The molecule has 1 N–H and O–H groups in total. The summed E-state index contributed by atoms with van der Waals surface area (Å²) in [5, 5.41) is 5.15. The summed E-state index contributed by atoms with van der Waals surface area (Å²) in [6.07, 6.45) is 2.03. The van der Waals surface area contributed by atoms with Crippen molar-refractivity contribution in [3.05, 3.63) is 35.2 Å². The largest absolute Gasteiger partial charge is 0.494 e. The quantitative estimate of drug-likeness (QED) is 0.722. The summed E-state index contributed by atoms with van der Waals surface area (Å²) in [7, 11) is 1.33. The van der Waals surface area contributed by atoms with Crippen molar-refractivity contribution in [1.82, 2.24) is 0 Å². The smallest absolute Gasteiger partial charge is 0.341 e. The third-order valence-corrected chi connectivity index (χ3v) is 5.17. The van der Waals surface area contributed by atoms with E-state index in [1.807, 2.05) is 29.6 Å². The van der Waals surface area contributed by atoms with E-state index >= 15 is 0 Å². The Morgan fingerprint density at radius 1 is 1.30 bits per heavy atom. The fourth-order valence-corrected chi connectivity index (χ4v) is 3.85. The molecule has 0 aliphatic carbocycles. The molecule has 1 aromatic heterocycles. The average molecular weight is 389 g/mol. The van der Waals surface area contributed by atoms with Crippen LogP contribution in [0.5, 0.6) is 5.75 Å². The van der Waals surface area contributed by atoms with Crippen molar-refractivity contribution < 1.29 is 23.8 Å². The SMILES string of the molecule is CCCOc1ccc(-c2csc(NC(=O)[C@@H]3CCCO3)c2C(=O)OC)cc1. The first-order chi connectivity index (χ1) is 13.1. The number of benzene rings is 1. The van der Waals surface area contributed by atoms with Crippen molar-refractivity contribution in [3.8, 4) is 16.9 Å². The molecule has 1 amide bonds. The molecule has 1 fully saturated rings. The Balaban J connectivity index is 1.85. The van der Waals surface area contributed by atoms with Crippen molar-refractivity contribution in [2.24, 2.45) is 0 Å². The van der Waals surface area contributed by atoms with Crippen LogP contribution in [0.15, 0.2) is 29.6 Å². The Morgan fingerprint density at radius 3 is 2.70 bits per heavy atom. The highest BCUT2D eigenvalue weighted by Crippen LogP contribution is 2.37. The Morgan fingerprint density at radius 2 is 2.07 bits per heavy atom. The molecule has 0 saturated carbocycles. The van der Waals surface area contributed by atoms with Gasteiger partial charge in [-0.3, -0.25) is 4.79 Å². The molecule has 6 nitrogen and oxygen atoms in total. The number of carbonyl (C=O) groups is 2. The van der Waals surface area contributed by atoms with Crippen LogP contribution in [0, 0.1) is 0 Å². The molecule has 2 heterocycles. The Kier molecular flexibility index (Phi) is 6.47. The molecule has 7 heteroatoms. The molecule has 0 unspecified atom stereocenters.